The van der Waals surface area contributed by atoms with Gasteiger partial charge >= 0.3 is 23.9 Å². The van der Waals surface area contributed by atoms with E-state index in [1.165, 1.54) is 12.2 Å². The van der Waals surface area contributed by atoms with Crippen LogP contribution in [0.2, 0.25) is 0 Å². The van der Waals surface area contributed by atoms with Crippen LogP contribution in [0.1, 0.15) is 110 Å². The lowest BCUT2D eigenvalue weighted by atomic mass is 9.82. The van der Waals surface area contributed by atoms with Gasteiger partial charge in [0.15, 0.2) is 0 Å². The van der Waals surface area contributed by atoms with E-state index in [-0.39, 0.29) is 35.6 Å². The SMILES string of the molecule is C=CC(=O)OCCCCCCOc1ccc(OC(=O)C2CCC(COc3ccc4c5ccc(OCC6CCC(C(=O)Oc7ccc(OCCCCCCOC(=O)C=C)cc7)CC6)cc5c5nc6cc(-c7cccc(OCCOCC)c7)ccc6nc5c4c3)CC2)cc1. The van der Waals surface area contributed by atoms with Crippen molar-refractivity contribution in [1.82, 2.24) is 9.97 Å². The van der Waals surface area contributed by atoms with Crippen molar-refractivity contribution in [2.75, 3.05) is 59.5 Å². The Morgan fingerprint density at radius 3 is 1.34 bits per heavy atom. The van der Waals surface area contributed by atoms with E-state index in [9.17, 15) is 19.2 Å². The molecule has 10 rings (SSSR count). The summed E-state index contributed by atoms with van der Waals surface area (Å²) in [6, 6.07) is 41.1. The number of nitrogens with zero attached hydrogens (tertiary/aromatic N) is 2. The number of aromatic nitrogens is 2. The first kappa shape index (κ1) is 65.9. The molecule has 7 aromatic carbocycles. The lowest BCUT2D eigenvalue weighted by Gasteiger charge is -2.27. The molecule has 0 N–H and O–H groups in total. The fraction of sp³-hybridized carbons (Fsp3) is 0.395. The van der Waals surface area contributed by atoms with Crippen LogP contribution >= 0.6 is 0 Å². The second-order valence-corrected chi connectivity index (χ2v) is 23.7. The molecule has 0 spiro atoms. The van der Waals surface area contributed by atoms with E-state index in [1.807, 2.05) is 67.6 Å². The van der Waals surface area contributed by atoms with Crippen LogP contribution in [0.4, 0.5) is 0 Å². The summed E-state index contributed by atoms with van der Waals surface area (Å²) >= 11 is 0. The molecule has 0 saturated heterocycles. The Morgan fingerprint density at radius 2 is 0.848 bits per heavy atom. The van der Waals surface area contributed by atoms with Gasteiger partial charge < -0.3 is 47.4 Å². The first-order valence-corrected chi connectivity index (χ1v) is 32.7. The number of unbranched alkanes of at least 4 members (excludes halogenated alkanes) is 6. The highest BCUT2D eigenvalue weighted by atomic mass is 16.6. The average molecular weight is 1250 g/mol. The summed E-state index contributed by atoms with van der Waals surface area (Å²) in [6.45, 7) is 13.4. The third-order valence-electron chi connectivity index (χ3n) is 17.2. The van der Waals surface area contributed by atoms with Crippen LogP contribution in [0.3, 0.4) is 0 Å². The normalized spacial score (nSPS) is 16.4. The fourth-order valence-electron chi connectivity index (χ4n) is 11.9. The molecule has 1 heterocycles. The van der Waals surface area contributed by atoms with Crippen molar-refractivity contribution in [1.29, 1.82) is 0 Å². The van der Waals surface area contributed by atoms with E-state index < -0.39 is 11.9 Å². The number of hydrogen-bond acceptors (Lipinski definition) is 16. The molecule has 16 heteroatoms. The molecule has 2 fully saturated rings. The van der Waals surface area contributed by atoms with E-state index in [0.717, 1.165) is 175 Å². The third kappa shape index (κ3) is 18.8. The average Bonchev–Trinajstić information content (AvgIpc) is 0.738. The van der Waals surface area contributed by atoms with Crippen LogP contribution in [0, 0.1) is 23.7 Å². The summed E-state index contributed by atoms with van der Waals surface area (Å²) < 4.78 is 58.2. The number of benzene rings is 7. The molecule has 0 aliphatic heterocycles. The highest BCUT2D eigenvalue weighted by Crippen LogP contribution is 2.40. The first-order chi connectivity index (χ1) is 45.1. The van der Waals surface area contributed by atoms with E-state index in [4.69, 9.17) is 57.3 Å². The van der Waals surface area contributed by atoms with Crippen LogP contribution in [-0.2, 0) is 33.4 Å². The Labute approximate surface area is 538 Å². The number of carbonyl (C=O) groups excluding carboxylic acids is 4. The van der Waals surface area contributed by atoms with Gasteiger partial charge in [0.2, 0.25) is 0 Å². The molecule has 2 aliphatic rings. The number of ether oxygens (including phenoxy) is 10. The Hall–Kier alpha value is -9.02. The van der Waals surface area contributed by atoms with Gasteiger partial charge in [-0.15, -0.1) is 0 Å². The number of carbonyl (C=O) groups is 4. The highest BCUT2D eigenvalue weighted by molar-refractivity contribution is 6.24. The molecule has 0 bridgehead atoms. The predicted molar refractivity (Wildman–Crippen MR) is 356 cm³/mol. The zero-order chi connectivity index (χ0) is 63.9. The monoisotopic (exact) mass is 1250 g/mol. The zero-order valence-electron chi connectivity index (χ0n) is 52.8. The molecule has 8 aromatic rings. The molecule has 482 valence electrons. The Bertz CT molecular complexity index is 3780. The summed E-state index contributed by atoms with van der Waals surface area (Å²) in [6.07, 6.45) is 15.8. The maximum Gasteiger partial charge on any atom is 0.330 e. The topological polar surface area (TPSA) is 186 Å². The molecule has 2 saturated carbocycles. The molecular weight excluding hydrogens is 1160 g/mol. The second kappa shape index (κ2) is 33.9. The summed E-state index contributed by atoms with van der Waals surface area (Å²) in [5.74, 6) is 3.62. The molecule has 16 nitrogen and oxygen atoms in total. The van der Waals surface area contributed by atoms with Gasteiger partial charge in [-0.25, -0.2) is 19.6 Å². The van der Waals surface area contributed by atoms with Gasteiger partial charge in [0.05, 0.1) is 80.2 Å². The smallest absolute Gasteiger partial charge is 0.330 e. The van der Waals surface area contributed by atoms with E-state index >= 15 is 0 Å². The van der Waals surface area contributed by atoms with Gasteiger partial charge in [-0.05, 0) is 253 Å². The predicted octanol–water partition coefficient (Wildman–Crippen LogP) is 16.1. The Kier molecular flexibility index (Phi) is 24.3. The number of hydrogen-bond donors (Lipinski definition) is 0. The maximum atomic E-state index is 13.4. The van der Waals surface area contributed by atoms with Crippen molar-refractivity contribution in [2.45, 2.75) is 110 Å². The minimum Gasteiger partial charge on any atom is -0.494 e. The van der Waals surface area contributed by atoms with Crippen molar-refractivity contribution in [3.63, 3.8) is 0 Å². The molecule has 1 aromatic heterocycles. The quantitative estimate of drug-likeness (QED) is 0.00925. The van der Waals surface area contributed by atoms with Gasteiger partial charge in [-0.3, -0.25) is 9.59 Å². The first-order valence-electron chi connectivity index (χ1n) is 32.7. The minimum absolute atomic E-state index is 0.187. The van der Waals surface area contributed by atoms with Gasteiger partial charge in [0.1, 0.15) is 46.9 Å². The molecular formula is C76H84N2O14. The molecule has 2 aliphatic carbocycles. The minimum atomic E-state index is -0.396. The second-order valence-electron chi connectivity index (χ2n) is 23.7. The molecule has 92 heavy (non-hydrogen) atoms. The Morgan fingerprint density at radius 1 is 0.413 bits per heavy atom. The van der Waals surface area contributed by atoms with Crippen molar-refractivity contribution in [3.05, 3.63) is 153 Å². The van der Waals surface area contributed by atoms with Gasteiger partial charge in [-0.2, -0.15) is 0 Å². The number of fused-ring (bicyclic) bond motifs is 7. The Balaban J connectivity index is 0.753. The summed E-state index contributed by atoms with van der Waals surface area (Å²) in [5.41, 5.74) is 5.01. The summed E-state index contributed by atoms with van der Waals surface area (Å²) in [4.78, 5) is 59.9. The zero-order valence-corrected chi connectivity index (χ0v) is 52.8. The van der Waals surface area contributed by atoms with Crippen LogP contribution in [0.5, 0.6) is 40.2 Å². The lowest BCUT2D eigenvalue weighted by Crippen LogP contribution is -2.27. The summed E-state index contributed by atoms with van der Waals surface area (Å²) in [5, 5.41) is 3.89. The van der Waals surface area contributed by atoms with Crippen LogP contribution in [0.25, 0.3) is 54.7 Å². The van der Waals surface area contributed by atoms with Crippen LogP contribution in [0.15, 0.2) is 153 Å². The molecule has 0 unspecified atom stereocenters. The van der Waals surface area contributed by atoms with Gasteiger partial charge in [0.25, 0.3) is 0 Å². The maximum absolute atomic E-state index is 13.4. The highest BCUT2D eigenvalue weighted by Gasteiger charge is 2.30. The molecule has 0 radical (unpaired) electrons. The van der Waals surface area contributed by atoms with E-state index in [1.54, 1.807) is 24.3 Å². The summed E-state index contributed by atoms with van der Waals surface area (Å²) in [7, 11) is 0. The molecule has 0 amide bonds. The van der Waals surface area contributed by atoms with E-state index in [2.05, 4.69) is 55.6 Å². The van der Waals surface area contributed by atoms with Crippen molar-refractivity contribution < 1.29 is 66.5 Å². The van der Waals surface area contributed by atoms with Crippen LogP contribution in [-0.4, -0.2) is 93.3 Å². The van der Waals surface area contributed by atoms with Crippen molar-refractivity contribution >= 4 is 67.5 Å². The third-order valence-corrected chi connectivity index (χ3v) is 17.2. The van der Waals surface area contributed by atoms with Crippen molar-refractivity contribution in [3.8, 4) is 51.4 Å². The fourth-order valence-corrected chi connectivity index (χ4v) is 11.9. The van der Waals surface area contributed by atoms with Crippen LogP contribution < -0.4 is 33.2 Å². The van der Waals surface area contributed by atoms with Gasteiger partial charge in [-0.1, -0.05) is 31.4 Å². The molecule has 0 atom stereocenters. The van der Waals surface area contributed by atoms with Crippen molar-refractivity contribution in [2.24, 2.45) is 23.7 Å². The standard InChI is InChI=1S/C76H84N2O14/c1-4-71(79)87-42-13-9-7-11-40-84-58-27-31-60(32-28-58)91-75(81)54-22-18-52(19-23-54)50-89-63-35-37-65-66-38-36-64(90-51-53-20-24-55(25-21-53)76(82)92-61-33-29-59(30-34-61)85-41-12-8-10-14-43-88-72(80)5-2)49-68(66)74-73(67(65)48-63)77-69-39-26-57(47-70(69)78-74)56-16-15-17-62(46-56)86-45-44-83-6-3/h4-5,15-17,26-39,46-49,52-55H,1-2,6-14,18-25,40-45,50-51H2,3H3. The lowest BCUT2D eigenvalue weighted by molar-refractivity contribution is -0.141. The van der Waals surface area contributed by atoms with Gasteiger partial charge in [0, 0.05) is 29.5 Å². The number of esters is 4. The number of rotatable bonds is 34. The van der Waals surface area contributed by atoms with E-state index in [0.29, 0.717) is 82.5 Å². The largest absolute Gasteiger partial charge is 0.494 e.